The average Bonchev–Trinajstić information content (AvgIpc) is 2.52. The zero-order valence-corrected chi connectivity index (χ0v) is 12.4. The quantitative estimate of drug-likeness (QED) is 0.687. The van der Waals surface area contributed by atoms with Crippen LogP contribution in [-0.2, 0) is 0 Å². The van der Waals surface area contributed by atoms with Crippen LogP contribution in [0.5, 0.6) is 0 Å². The first-order chi connectivity index (χ1) is 10.2. The first-order valence-corrected chi connectivity index (χ1v) is 7.28. The van der Waals surface area contributed by atoms with Gasteiger partial charge in [0.2, 0.25) is 0 Å². The summed E-state index contributed by atoms with van der Waals surface area (Å²) in [6.07, 6.45) is 0. The van der Waals surface area contributed by atoms with Crippen LogP contribution in [0.25, 0.3) is 21.5 Å². The van der Waals surface area contributed by atoms with Crippen molar-refractivity contribution in [1.29, 1.82) is 5.26 Å². The lowest BCUT2D eigenvalue weighted by Crippen LogP contribution is -2.07. The van der Waals surface area contributed by atoms with E-state index in [1.807, 2.05) is 24.3 Å². The third kappa shape index (κ3) is 2.55. The van der Waals surface area contributed by atoms with Crippen molar-refractivity contribution in [2.75, 3.05) is 11.9 Å². The number of rotatable bonds is 3. The minimum atomic E-state index is 0.610. The average molecular weight is 274 g/mol. The van der Waals surface area contributed by atoms with Gasteiger partial charge in [0.05, 0.1) is 11.6 Å². The fraction of sp³-hybridized carbons (Fsp3) is 0.211. The number of nitrogens with one attached hydrogen (secondary N) is 1. The Bertz CT molecular complexity index is 841. The first-order valence-electron chi connectivity index (χ1n) is 7.28. The SMILES string of the molecule is CC(C)CNc1ccc2cc(C#N)c3ccccc3c2c1. The minimum Gasteiger partial charge on any atom is -0.385 e. The molecule has 21 heavy (non-hydrogen) atoms. The Hall–Kier alpha value is -2.53. The van der Waals surface area contributed by atoms with Gasteiger partial charge in [0.1, 0.15) is 0 Å². The molecule has 2 heteroatoms. The van der Waals surface area contributed by atoms with Crippen molar-refractivity contribution in [3.05, 3.63) is 54.1 Å². The van der Waals surface area contributed by atoms with Crippen molar-refractivity contribution in [1.82, 2.24) is 0 Å². The largest absolute Gasteiger partial charge is 0.385 e. The molecule has 0 saturated heterocycles. The van der Waals surface area contributed by atoms with Crippen LogP contribution in [0.4, 0.5) is 5.69 Å². The molecular weight excluding hydrogens is 256 g/mol. The predicted octanol–water partition coefficient (Wildman–Crippen LogP) is 4.93. The molecule has 104 valence electrons. The zero-order valence-electron chi connectivity index (χ0n) is 12.4. The second-order valence-electron chi connectivity index (χ2n) is 5.79. The third-order valence-electron chi connectivity index (χ3n) is 3.70. The molecule has 0 aromatic heterocycles. The number of nitrogens with zero attached hydrogens (tertiary/aromatic N) is 1. The van der Waals surface area contributed by atoms with E-state index in [-0.39, 0.29) is 0 Å². The molecule has 0 atom stereocenters. The lowest BCUT2D eigenvalue weighted by Gasteiger charge is -2.11. The molecule has 3 aromatic rings. The molecule has 0 fully saturated rings. The Labute approximate surface area is 125 Å². The molecular formula is C19H18N2. The van der Waals surface area contributed by atoms with Crippen molar-refractivity contribution in [3.8, 4) is 6.07 Å². The van der Waals surface area contributed by atoms with E-state index in [1.165, 1.54) is 5.39 Å². The Morgan fingerprint density at radius 3 is 2.48 bits per heavy atom. The minimum absolute atomic E-state index is 0.610. The molecule has 1 N–H and O–H groups in total. The summed E-state index contributed by atoms with van der Waals surface area (Å²) in [6, 6.07) is 18.7. The highest BCUT2D eigenvalue weighted by molar-refractivity contribution is 6.10. The molecule has 0 aliphatic rings. The highest BCUT2D eigenvalue weighted by atomic mass is 14.9. The third-order valence-corrected chi connectivity index (χ3v) is 3.70. The van der Waals surface area contributed by atoms with Crippen LogP contribution in [0, 0.1) is 17.2 Å². The van der Waals surface area contributed by atoms with Crippen LogP contribution in [-0.4, -0.2) is 6.54 Å². The normalized spacial score (nSPS) is 11.0. The van der Waals surface area contributed by atoms with E-state index < -0.39 is 0 Å². The molecule has 0 radical (unpaired) electrons. The lowest BCUT2D eigenvalue weighted by molar-refractivity contribution is 0.689. The van der Waals surface area contributed by atoms with Crippen LogP contribution in [0.3, 0.4) is 0 Å². The molecule has 0 heterocycles. The number of anilines is 1. The Morgan fingerprint density at radius 1 is 1.00 bits per heavy atom. The monoisotopic (exact) mass is 274 g/mol. The van der Waals surface area contributed by atoms with Crippen LogP contribution < -0.4 is 5.32 Å². The molecule has 0 amide bonds. The van der Waals surface area contributed by atoms with E-state index in [9.17, 15) is 5.26 Å². The summed E-state index contributed by atoms with van der Waals surface area (Å²) in [7, 11) is 0. The van der Waals surface area contributed by atoms with Gasteiger partial charge in [-0.1, -0.05) is 44.2 Å². The summed E-state index contributed by atoms with van der Waals surface area (Å²) in [6.45, 7) is 5.35. The summed E-state index contributed by atoms with van der Waals surface area (Å²) in [5.74, 6) is 0.610. The smallest absolute Gasteiger partial charge is 0.0998 e. The van der Waals surface area contributed by atoms with E-state index in [1.54, 1.807) is 0 Å². The maximum Gasteiger partial charge on any atom is 0.0998 e. The van der Waals surface area contributed by atoms with Crippen molar-refractivity contribution in [3.63, 3.8) is 0 Å². The maximum absolute atomic E-state index is 9.33. The highest BCUT2D eigenvalue weighted by Crippen LogP contribution is 2.30. The van der Waals surface area contributed by atoms with Crippen LogP contribution in [0.1, 0.15) is 19.4 Å². The van der Waals surface area contributed by atoms with Crippen molar-refractivity contribution < 1.29 is 0 Å². The topological polar surface area (TPSA) is 35.8 Å². The molecule has 0 saturated carbocycles. The second kappa shape index (κ2) is 5.46. The van der Waals surface area contributed by atoms with Crippen LogP contribution in [0.2, 0.25) is 0 Å². The molecule has 3 rings (SSSR count). The van der Waals surface area contributed by atoms with Gasteiger partial charge < -0.3 is 5.32 Å². The van der Waals surface area contributed by atoms with E-state index in [4.69, 9.17) is 0 Å². The molecule has 0 unspecified atom stereocenters. The van der Waals surface area contributed by atoms with Gasteiger partial charge in [0.25, 0.3) is 0 Å². The molecule has 0 aliphatic heterocycles. The summed E-state index contributed by atoms with van der Waals surface area (Å²) in [5, 5.41) is 17.3. The van der Waals surface area contributed by atoms with Crippen LogP contribution in [0.15, 0.2) is 48.5 Å². The molecule has 3 aromatic carbocycles. The number of nitriles is 1. The number of hydrogen-bond acceptors (Lipinski definition) is 2. The number of hydrogen-bond donors (Lipinski definition) is 1. The Balaban J connectivity index is 2.20. The lowest BCUT2D eigenvalue weighted by atomic mass is 9.97. The van der Waals surface area contributed by atoms with E-state index >= 15 is 0 Å². The van der Waals surface area contributed by atoms with Gasteiger partial charge in [0, 0.05) is 17.6 Å². The summed E-state index contributed by atoms with van der Waals surface area (Å²) < 4.78 is 0. The molecule has 0 bridgehead atoms. The van der Waals surface area contributed by atoms with Gasteiger partial charge in [0.15, 0.2) is 0 Å². The van der Waals surface area contributed by atoms with Crippen molar-refractivity contribution in [2.45, 2.75) is 13.8 Å². The summed E-state index contributed by atoms with van der Waals surface area (Å²) >= 11 is 0. The molecule has 2 nitrogen and oxygen atoms in total. The van der Waals surface area contributed by atoms with E-state index in [0.717, 1.165) is 34.0 Å². The van der Waals surface area contributed by atoms with Gasteiger partial charge in [-0.3, -0.25) is 0 Å². The fourth-order valence-corrected chi connectivity index (χ4v) is 2.63. The van der Waals surface area contributed by atoms with Gasteiger partial charge >= 0.3 is 0 Å². The van der Waals surface area contributed by atoms with E-state index in [0.29, 0.717) is 5.92 Å². The highest BCUT2D eigenvalue weighted by Gasteiger charge is 2.06. The first kappa shape index (κ1) is 13.5. The van der Waals surface area contributed by atoms with E-state index in [2.05, 4.69) is 49.5 Å². The predicted molar refractivity (Wildman–Crippen MR) is 89.5 cm³/mol. The Kier molecular flexibility index (Phi) is 3.50. The summed E-state index contributed by atoms with van der Waals surface area (Å²) in [5.41, 5.74) is 1.87. The zero-order chi connectivity index (χ0) is 14.8. The molecule has 0 spiro atoms. The molecule has 0 aliphatic carbocycles. The second-order valence-corrected chi connectivity index (χ2v) is 5.79. The van der Waals surface area contributed by atoms with Crippen molar-refractivity contribution in [2.24, 2.45) is 5.92 Å². The fourth-order valence-electron chi connectivity index (χ4n) is 2.63. The number of benzene rings is 3. The maximum atomic E-state index is 9.33. The van der Waals surface area contributed by atoms with Crippen LogP contribution >= 0.6 is 0 Å². The van der Waals surface area contributed by atoms with Gasteiger partial charge in [-0.25, -0.2) is 0 Å². The van der Waals surface area contributed by atoms with Crippen molar-refractivity contribution >= 4 is 27.2 Å². The summed E-state index contributed by atoms with van der Waals surface area (Å²) in [4.78, 5) is 0. The van der Waals surface area contributed by atoms with Gasteiger partial charge in [-0.2, -0.15) is 5.26 Å². The Morgan fingerprint density at radius 2 is 1.76 bits per heavy atom. The van der Waals surface area contributed by atoms with Gasteiger partial charge in [-0.05, 0) is 40.3 Å². The van der Waals surface area contributed by atoms with Gasteiger partial charge in [-0.15, -0.1) is 0 Å². The number of fused-ring (bicyclic) bond motifs is 3. The standard InChI is InChI=1S/C19H18N2/c1-13(2)12-21-16-8-7-14-9-15(11-20)17-5-3-4-6-18(17)19(14)10-16/h3-10,13,21H,12H2,1-2H3.